The van der Waals surface area contributed by atoms with Gasteiger partial charge in [0.15, 0.2) is 5.54 Å². The predicted octanol–water partition coefficient (Wildman–Crippen LogP) is 2.35. The molecule has 0 bridgehead atoms. The van der Waals surface area contributed by atoms with Gasteiger partial charge in [-0.25, -0.2) is 9.48 Å². The number of aryl methyl sites for hydroxylation is 1. The lowest BCUT2D eigenvalue weighted by Crippen LogP contribution is -2.47. The number of urea groups is 1. The van der Waals surface area contributed by atoms with Crippen molar-refractivity contribution in [3.8, 4) is 5.69 Å². The average molecular weight is 346 g/mol. The molecule has 1 saturated carbocycles. The summed E-state index contributed by atoms with van der Waals surface area (Å²) in [6.07, 6.45) is 7.35. The van der Waals surface area contributed by atoms with E-state index in [1.807, 2.05) is 10.9 Å². The minimum atomic E-state index is -0.655. The van der Waals surface area contributed by atoms with E-state index in [2.05, 4.69) is 47.7 Å². The largest absolute Gasteiger partial charge is 0.325 e. The van der Waals surface area contributed by atoms with Gasteiger partial charge in [-0.2, -0.15) is 5.10 Å². The van der Waals surface area contributed by atoms with E-state index in [0.717, 1.165) is 36.2 Å². The van der Waals surface area contributed by atoms with Gasteiger partial charge in [0.25, 0.3) is 5.91 Å². The Morgan fingerprint density at radius 3 is 2.77 bits per heavy atom. The third-order valence-electron chi connectivity index (χ3n) is 6.63. The Hall–Kier alpha value is -2.89. The molecule has 1 aromatic carbocycles. The van der Waals surface area contributed by atoms with Crippen LogP contribution in [0.5, 0.6) is 0 Å². The molecule has 3 amide bonds. The smallest absolute Gasteiger partial charge is 0.294 e. The summed E-state index contributed by atoms with van der Waals surface area (Å²) in [7, 11) is 0. The van der Waals surface area contributed by atoms with Crippen molar-refractivity contribution in [3.63, 3.8) is 0 Å². The fourth-order valence-electron chi connectivity index (χ4n) is 5.48. The first-order valence-corrected chi connectivity index (χ1v) is 9.09. The maximum Gasteiger partial charge on any atom is 0.325 e. The lowest BCUT2D eigenvalue weighted by Gasteiger charge is -2.32. The van der Waals surface area contributed by atoms with Crippen molar-refractivity contribution in [3.05, 3.63) is 52.9 Å². The molecule has 0 radical (unpaired) electrons. The lowest BCUT2D eigenvalue weighted by molar-refractivity contribution is -0.122. The summed E-state index contributed by atoms with van der Waals surface area (Å²) in [6.45, 7) is 2.07. The number of aromatic nitrogens is 2. The Labute approximate surface area is 150 Å². The van der Waals surface area contributed by atoms with Crippen molar-refractivity contribution >= 4 is 18.0 Å². The SMILES string of the molecule is Cc1ccc(-n2ncc3c2C=C2CCC[C@]45C(=O)NC(=O)N4[C@]25C3)cc1. The Kier molecular flexibility index (Phi) is 2.34. The van der Waals surface area contributed by atoms with Gasteiger partial charge in [0, 0.05) is 12.0 Å². The van der Waals surface area contributed by atoms with Crippen LogP contribution in [-0.2, 0) is 11.2 Å². The highest BCUT2D eigenvalue weighted by atomic mass is 16.2. The maximum absolute atomic E-state index is 12.6. The van der Waals surface area contributed by atoms with Gasteiger partial charge in [-0.15, -0.1) is 0 Å². The van der Waals surface area contributed by atoms with Crippen LogP contribution in [0.2, 0.25) is 0 Å². The van der Waals surface area contributed by atoms with Gasteiger partial charge in [0.2, 0.25) is 0 Å². The number of nitrogens with zero attached hydrogens (tertiary/aromatic N) is 3. The minimum Gasteiger partial charge on any atom is -0.294 e. The van der Waals surface area contributed by atoms with Crippen LogP contribution in [0.15, 0.2) is 36.0 Å². The number of carbonyl (C=O) groups is 2. The monoisotopic (exact) mass is 346 g/mol. The van der Waals surface area contributed by atoms with Crippen LogP contribution in [0.4, 0.5) is 4.79 Å². The zero-order chi connectivity index (χ0) is 17.7. The topological polar surface area (TPSA) is 67.0 Å². The number of amides is 3. The van der Waals surface area contributed by atoms with Gasteiger partial charge < -0.3 is 0 Å². The molecule has 130 valence electrons. The van der Waals surface area contributed by atoms with E-state index >= 15 is 0 Å². The van der Waals surface area contributed by atoms with E-state index in [-0.39, 0.29) is 11.9 Å². The first-order valence-electron chi connectivity index (χ1n) is 9.09. The van der Waals surface area contributed by atoms with Gasteiger partial charge in [0.05, 0.1) is 17.6 Å². The highest BCUT2D eigenvalue weighted by Gasteiger charge is 2.86. The fraction of sp³-hybridized carbons (Fsp3) is 0.350. The summed E-state index contributed by atoms with van der Waals surface area (Å²) in [5.74, 6) is -0.123. The summed E-state index contributed by atoms with van der Waals surface area (Å²) >= 11 is 0. The molecule has 1 N–H and O–H groups in total. The third kappa shape index (κ3) is 1.36. The second kappa shape index (κ2) is 4.26. The molecule has 2 aliphatic heterocycles. The number of fused-ring (bicyclic) bond motifs is 1. The Balaban J connectivity index is 1.50. The van der Waals surface area contributed by atoms with Crippen LogP contribution in [0.3, 0.4) is 0 Å². The van der Waals surface area contributed by atoms with Crippen molar-refractivity contribution in [2.45, 2.75) is 43.7 Å². The molecule has 3 fully saturated rings. The van der Waals surface area contributed by atoms with Crippen LogP contribution in [-0.4, -0.2) is 37.7 Å². The molecule has 3 heterocycles. The summed E-state index contributed by atoms with van der Waals surface area (Å²) in [4.78, 5) is 26.7. The molecular weight excluding hydrogens is 328 g/mol. The molecule has 2 saturated heterocycles. The van der Waals surface area contributed by atoms with E-state index < -0.39 is 11.1 Å². The summed E-state index contributed by atoms with van der Waals surface area (Å²) in [5, 5.41) is 7.10. The highest BCUT2D eigenvalue weighted by molar-refractivity contribution is 6.15. The Morgan fingerprint density at radius 2 is 1.96 bits per heavy atom. The quantitative estimate of drug-likeness (QED) is 0.637. The number of carbonyl (C=O) groups excluding carboxylic acids is 2. The molecule has 6 rings (SSSR count). The molecule has 6 nitrogen and oxygen atoms in total. The van der Waals surface area contributed by atoms with Crippen molar-refractivity contribution in [1.29, 1.82) is 0 Å². The molecule has 6 heteroatoms. The maximum atomic E-state index is 12.6. The minimum absolute atomic E-state index is 0.123. The summed E-state index contributed by atoms with van der Waals surface area (Å²) < 4.78 is 1.96. The fourth-order valence-corrected chi connectivity index (χ4v) is 5.48. The Bertz CT molecular complexity index is 1030. The number of imide groups is 1. The normalized spacial score (nSPS) is 30.8. The van der Waals surface area contributed by atoms with Crippen molar-refractivity contribution < 1.29 is 9.59 Å². The predicted molar refractivity (Wildman–Crippen MR) is 94.7 cm³/mol. The van der Waals surface area contributed by atoms with Gasteiger partial charge in [-0.05, 0) is 50.0 Å². The van der Waals surface area contributed by atoms with Crippen molar-refractivity contribution in [2.75, 3.05) is 0 Å². The summed E-state index contributed by atoms with van der Waals surface area (Å²) in [5.41, 5.74) is 4.52. The van der Waals surface area contributed by atoms with Gasteiger partial charge >= 0.3 is 6.03 Å². The molecule has 2 atom stereocenters. The molecule has 2 spiro atoms. The van der Waals surface area contributed by atoms with Crippen LogP contribution < -0.4 is 5.32 Å². The first kappa shape index (κ1) is 14.3. The van der Waals surface area contributed by atoms with Crippen LogP contribution in [0, 0.1) is 6.92 Å². The second-order valence-electron chi connectivity index (χ2n) is 7.82. The second-order valence-corrected chi connectivity index (χ2v) is 7.82. The number of hydrogen-bond donors (Lipinski definition) is 1. The average Bonchev–Trinajstić information content (AvgIpc) is 2.89. The first-order chi connectivity index (χ1) is 12.6. The van der Waals surface area contributed by atoms with E-state index in [4.69, 9.17) is 0 Å². The Morgan fingerprint density at radius 1 is 1.15 bits per heavy atom. The van der Waals surface area contributed by atoms with E-state index in [1.54, 1.807) is 4.90 Å². The molecule has 2 aromatic rings. The molecular formula is C20H18N4O2. The van der Waals surface area contributed by atoms with Gasteiger partial charge in [-0.1, -0.05) is 17.7 Å². The van der Waals surface area contributed by atoms with E-state index in [1.165, 1.54) is 11.1 Å². The number of hydrogen-bond acceptors (Lipinski definition) is 3. The van der Waals surface area contributed by atoms with Crippen molar-refractivity contribution in [2.24, 2.45) is 0 Å². The van der Waals surface area contributed by atoms with Crippen molar-refractivity contribution in [1.82, 2.24) is 20.0 Å². The van der Waals surface area contributed by atoms with E-state index in [9.17, 15) is 9.59 Å². The number of nitrogens with one attached hydrogen (secondary N) is 1. The summed E-state index contributed by atoms with van der Waals surface area (Å²) in [6, 6.07) is 8.06. The standard InChI is InChI=1S/C20H18N4O2/c1-12-4-6-15(7-5-12)23-16-9-14-3-2-8-19-17(25)22-18(26)24(19)20(14,19)10-13(16)11-21-23/h4-7,9,11H,2-3,8,10H2,1H3,(H,22,25,26)/t19-,20-,24?/m1/s1. The molecule has 1 aromatic heterocycles. The lowest BCUT2D eigenvalue weighted by atomic mass is 9.70. The van der Waals surface area contributed by atoms with E-state index in [0.29, 0.717) is 6.42 Å². The van der Waals surface area contributed by atoms with Crippen LogP contribution in [0.1, 0.15) is 36.1 Å². The highest BCUT2D eigenvalue weighted by Crippen LogP contribution is 2.67. The third-order valence-corrected chi connectivity index (χ3v) is 6.63. The zero-order valence-corrected chi connectivity index (χ0v) is 14.5. The molecule has 0 unspecified atom stereocenters. The molecule has 4 aliphatic rings. The number of benzene rings is 1. The zero-order valence-electron chi connectivity index (χ0n) is 14.5. The van der Waals surface area contributed by atoms with Gasteiger partial charge in [-0.3, -0.25) is 15.0 Å². The van der Waals surface area contributed by atoms with Crippen LogP contribution in [0.25, 0.3) is 11.8 Å². The molecule has 26 heavy (non-hydrogen) atoms. The molecule has 2 aliphatic carbocycles. The van der Waals surface area contributed by atoms with Crippen LogP contribution >= 0.6 is 0 Å². The van der Waals surface area contributed by atoms with Gasteiger partial charge in [0.1, 0.15) is 5.54 Å². The number of rotatable bonds is 1.